The van der Waals surface area contributed by atoms with Gasteiger partial charge in [0.1, 0.15) is 17.3 Å². The average molecular weight is 319 g/mol. The van der Waals surface area contributed by atoms with E-state index in [4.69, 9.17) is 0 Å². The maximum atomic E-state index is 13.9. The van der Waals surface area contributed by atoms with E-state index in [1.54, 1.807) is 0 Å². The van der Waals surface area contributed by atoms with E-state index >= 15 is 0 Å². The molecule has 0 saturated heterocycles. The van der Waals surface area contributed by atoms with Gasteiger partial charge >= 0.3 is 12.1 Å². The predicted molar refractivity (Wildman–Crippen MR) is 64.4 cm³/mol. The fraction of sp³-hybridized carbons (Fsp3) is 0.250. The fourth-order valence-electron chi connectivity index (χ4n) is 1.74. The van der Waals surface area contributed by atoms with Crippen molar-refractivity contribution in [2.75, 3.05) is 6.61 Å². The van der Waals surface area contributed by atoms with Crippen molar-refractivity contribution in [3.63, 3.8) is 0 Å². The number of aromatic hydroxyl groups is 1. The average Bonchev–Trinajstić information content (AvgIpc) is 2.86. The smallest absolute Gasteiger partial charge is 0.416 e. The Labute approximate surface area is 120 Å². The van der Waals surface area contributed by atoms with Crippen LogP contribution in [-0.4, -0.2) is 33.1 Å². The quantitative estimate of drug-likeness (QED) is 0.670. The lowest BCUT2D eigenvalue weighted by atomic mass is 10.0. The number of hydrogen-bond acceptors (Lipinski definition) is 5. The Kier molecular flexibility index (Phi) is 4.02. The minimum Gasteiger partial charge on any atom is -0.507 e. The summed E-state index contributed by atoms with van der Waals surface area (Å²) in [7, 11) is 0. The van der Waals surface area contributed by atoms with Crippen LogP contribution in [0.15, 0.2) is 12.1 Å². The maximum Gasteiger partial charge on any atom is 0.416 e. The molecule has 0 saturated carbocycles. The molecule has 0 aliphatic heterocycles. The number of phenols is 1. The Bertz CT molecular complexity index is 689. The first-order valence-electron chi connectivity index (χ1n) is 5.93. The minimum atomic E-state index is -4.83. The summed E-state index contributed by atoms with van der Waals surface area (Å²) in [5.74, 6) is -3.37. The second-order valence-corrected chi connectivity index (χ2v) is 4.09. The second-order valence-electron chi connectivity index (χ2n) is 4.09. The monoisotopic (exact) mass is 319 g/mol. The van der Waals surface area contributed by atoms with E-state index in [2.05, 4.69) is 14.9 Å². The highest BCUT2D eigenvalue weighted by atomic mass is 19.4. The molecule has 1 heterocycles. The highest BCUT2D eigenvalue weighted by Gasteiger charge is 2.34. The number of esters is 1. The molecule has 2 N–H and O–H groups in total. The number of aromatic nitrogens is 3. The molecule has 0 radical (unpaired) electrons. The van der Waals surface area contributed by atoms with E-state index in [1.807, 2.05) is 5.21 Å². The summed E-state index contributed by atoms with van der Waals surface area (Å²) in [5, 5.41) is 18.6. The number of alkyl halides is 3. The van der Waals surface area contributed by atoms with Gasteiger partial charge in [-0.2, -0.15) is 23.5 Å². The first-order valence-corrected chi connectivity index (χ1v) is 5.93. The van der Waals surface area contributed by atoms with E-state index in [0.717, 1.165) is 0 Å². The molecule has 1 aromatic heterocycles. The van der Waals surface area contributed by atoms with E-state index in [0.29, 0.717) is 6.07 Å². The van der Waals surface area contributed by atoms with Crippen molar-refractivity contribution in [2.45, 2.75) is 13.1 Å². The molecule has 0 spiro atoms. The van der Waals surface area contributed by atoms with Gasteiger partial charge in [0, 0.05) is 0 Å². The standard InChI is InChI=1S/C12H9F4N3O3/c1-2-22-11(21)10-9(17-19-18-10)8-6(13)3-5(4-7(8)20)12(14,15)16/h3-4,20H,2H2,1H3,(H,17,18,19). The van der Waals surface area contributed by atoms with Crippen molar-refractivity contribution in [1.82, 2.24) is 15.4 Å². The normalized spacial score (nSPS) is 11.5. The van der Waals surface area contributed by atoms with Crippen LogP contribution in [0, 0.1) is 5.82 Å². The van der Waals surface area contributed by atoms with E-state index in [9.17, 15) is 27.5 Å². The van der Waals surface area contributed by atoms with Crippen molar-refractivity contribution in [3.05, 3.63) is 29.2 Å². The number of benzene rings is 1. The summed E-state index contributed by atoms with van der Waals surface area (Å²) >= 11 is 0. The Morgan fingerprint density at radius 3 is 2.59 bits per heavy atom. The zero-order valence-electron chi connectivity index (χ0n) is 11.0. The Hall–Kier alpha value is -2.65. The second kappa shape index (κ2) is 5.62. The largest absolute Gasteiger partial charge is 0.507 e. The molecule has 0 aliphatic carbocycles. The molecule has 10 heteroatoms. The molecular formula is C12H9F4N3O3. The molecule has 0 fully saturated rings. The van der Waals surface area contributed by atoms with Gasteiger partial charge in [0.2, 0.25) is 0 Å². The lowest BCUT2D eigenvalue weighted by Crippen LogP contribution is -2.08. The van der Waals surface area contributed by atoms with E-state index in [1.165, 1.54) is 6.92 Å². The summed E-state index contributed by atoms with van der Waals surface area (Å²) in [6.45, 7) is 1.53. The summed E-state index contributed by atoms with van der Waals surface area (Å²) < 4.78 is 56.2. The van der Waals surface area contributed by atoms with Gasteiger partial charge in [-0.15, -0.1) is 5.10 Å². The van der Waals surface area contributed by atoms with Crippen LogP contribution in [0.2, 0.25) is 0 Å². The molecule has 2 rings (SSSR count). The van der Waals surface area contributed by atoms with Crippen molar-refractivity contribution < 1.29 is 32.2 Å². The van der Waals surface area contributed by atoms with Gasteiger partial charge in [-0.1, -0.05) is 0 Å². The number of nitrogens with zero attached hydrogens (tertiary/aromatic N) is 2. The van der Waals surface area contributed by atoms with Crippen molar-refractivity contribution in [1.29, 1.82) is 0 Å². The predicted octanol–water partition coefficient (Wildman–Crippen LogP) is 2.51. The third-order valence-electron chi connectivity index (χ3n) is 2.65. The van der Waals surface area contributed by atoms with Crippen LogP contribution < -0.4 is 0 Å². The molecule has 2 aromatic rings. The molecule has 0 unspecified atom stereocenters. The Morgan fingerprint density at radius 2 is 2.05 bits per heavy atom. The zero-order valence-corrected chi connectivity index (χ0v) is 11.0. The Morgan fingerprint density at radius 1 is 1.36 bits per heavy atom. The highest BCUT2D eigenvalue weighted by molar-refractivity contribution is 5.94. The highest BCUT2D eigenvalue weighted by Crippen LogP contribution is 2.38. The van der Waals surface area contributed by atoms with Gasteiger partial charge in [0.25, 0.3) is 0 Å². The molecule has 118 valence electrons. The van der Waals surface area contributed by atoms with Crippen LogP contribution in [0.1, 0.15) is 23.0 Å². The van der Waals surface area contributed by atoms with E-state index in [-0.39, 0.29) is 12.7 Å². The van der Waals surface area contributed by atoms with Gasteiger partial charge in [-0.05, 0) is 19.1 Å². The van der Waals surface area contributed by atoms with E-state index < -0.39 is 46.2 Å². The number of aromatic amines is 1. The summed E-state index contributed by atoms with van der Waals surface area (Å²) in [4.78, 5) is 11.6. The number of carbonyl (C=O) groups excluding carboxylic acids is 1. The first-order chi connectivity index (χ1) is 10.3. The van der Waals surface area contributed by atoms with Crippen LogP contribution in [0.5, 0.6) is 5.75 Å². The van der Waals surface area contributed by atoms with Gasteiger partial charge in [-0.25, -0.2) is 9.18 Å². The summed E-state index contributed by atoms with van der Waals surface area (Å²) in [6.07, 6.45) is -4.83. The number of H-pyrrole nitrogens is 1. The number of carbonyl (C=O) groups is 1. The number of rotatable bonds is 3. The summed E-state index contributed by atoms with van der Waals surface area (Å²) in [5.41, 5.74) is -2.93. The topological polar surface area (TPSA) is 88.1 Å². The van der Waals surface area contributed by atoms with Gasteiger partial charge < -0.3 is 9.84 Å². The van der Waals surface area contributed by atoms with Crippen LogP contribution >= 0.6 is 0 Å². The van der Waals surface area contributed by atoms with Gasteiger partial charge in [0.05, 0.1) is 17.7 Å². The Balaban J connectivity index is 2.56. The van der Waals surface area contributed by atoms with Crippen LogP contribution in [0.3, 0.4) is 0 Å². The van der Waals surface area contributed by atoms with Gasteiger partial charge in [-0.3, -0.25) is 0 Å². The third kappa shape index (κ3) is 2.85. The minimum absolute atomic E-state index is 0.00656. The SMILES string of the molecule is CCOC(=O)c1n[nH]nc1-c1c(O)cc(C(F)(F)F)cc1F. The number of hydrogen-bond donors (Lipinski definition) is 2. The number of phenolic OH excluding ortho intramolecular Hbond substituents is 1. The maximum absolute atomic E-state index is 13.9. The van der Waals surface area contributed by atoms with Crippen LogP contribution in [0.4, 0.5) is 17.6 Å². The fourth-order valence-corrected chi connectivity index (χ4v) is 1.74. The van der Waals surface area contributed by atoms with Crippen LogP contribution in [-0.2, 0) is 10.9 Å². The van der Waals surface area contributed by atoms with Crippen molar-refractivity contribution in [3.8, 4) is 17.0 Å². The summed E-state index contributed by atoms with van der Waals surface area (Å²) in [6, 6.07) is 0.528. The lowest BCUT2D eigenvalue weighted by Gasteiger charge is -2.10. The first kappa shape index (κ1) is 15.7. The number of halogens is 4. The van der Waals surface area contributed by atoms with Crippen molar-refractivity contribution >= 4 is 5.97 Å². The van der Waals surface area contributed by atoms with Crippen LogP contribution in [0.25, 0.3) is 11.3 Å². The van der Waals surface area contributed by atoms with Gasteiger partial charge in [0.15, 0.2) is 5.69 Å². The molecule has 0 bridgehead atoms. The molecular weight excluding hydrogens is 310 g/mol. The molecule has 1 aromatic carbocycles. The number of nitrogens with one attached hydrogen (secondary N) is 1. The molecule has 0 atom stereocenters. The molecule has 0 amide bonds. The zero-order chi connectivity index (χ0) is 16.5. The molecule has 22 heavy (non-hydrogen) atoms. The molecule has 6 nitrogen and oxygen atoms in total. The van der Waals surface area contributed by atoms with Crippen molar-refractivity contribution in [2.24, 2.45) is 0 Å². The lowest BCUT2D eigenvalue weighted by molar-refractivity contribution is -0.137. The molecule has 0 aliphatic rings. The number of ether oxygens (including phenoxy) is 1. The third-order valence-corrected chi connectivity index (χ3v) is 2.65.